The van der Waals surface area contributed by atoms with E-state index in [-0.39, 0.29) is 102 Å². The standard InChI is InChI=1S/C11H16N2O4.C10H16N2O4.C9H8O5.C8H8O5.CH5N/c1-12-9(14)6-3-4-7(11(16)17)8(5-6)10(15)13-2;1-6(10(15)16)7(9(14)12-3)4-5-8(13)11-2;10-7(11)4-1-2-5-6(3-4)9(13)14-8(5)12;1-4-5(2-3-6(9)10)8(12)13-7(4)11;1-2/h6H,3-5H2,1-2H3,(H,12,14)(H,13,15)(H,16,17);4-5H2,1-3H3,(H,11,13)(H,12,14)(H,15,16);4H,1-3H2,(H,10,11);2-3H2,1H3,(H,9,10);2H2,1H3/b;7-6-;;;. The molecule has 2 atom stereocenters. The second kappa shape index (κ2) is 26.9. The molecule has 2 aliphatic carbocycles. The van der Waals surface area contributed by atoms with Gasteiger partial charge in [-0.25, -0.2) is 28.8 Å². The van der Waals surface area contributed by atoms with Gasteiger partial charge in [0.15, 0.2) is 0 Å². The third-order valence-corrected chi connectivity index (χ3v) is 9.45. The molecule has 10 N–H and O–H groups in total. The van der Waals surface area contributed by atoms with E-state index in [0.717, 1.165) is 0 Å². The minimum atomic E-state index is -1.16. The highest BCUT2D eigenvalue weighted by atomic mass is 16.6. The zero-order chi connectivity index (χ0) is 48.0. The number of amides is 4. The molecule has 2 heterocycles. The van der Waals surface area contributed by atoms with Gasteiger partial charge in [0.2, 0.25) is 23.6 Å². The zero-order valence-corrected chi connectivity index (χ0v) is 35.3. The van der Waals surface area contributed by atoms with E-state index in [0.29, 0.717) is 24.8 Å². The lowest BCUT2D eigenvalue weighted by atomic mass is 9.83. The highest BCUT2D eigenvalue weighted by Gasteiger charge is 2.39. The Labute approximate surface area is 355 Å². The molecule has 0 saturated heterocycles. The molecule has 23 nitrogen and oxygen atoms in total. The van der Waals surface area contributed by atoms with E-state index >= 15 is 0 Å². The number of hydrogen-bond donors (Lipinski definition) is 9. The van der Waals surface area contributed by atoms with Crippen molar-refractivity contribution in [3.63, 3.8) is 0 Å². The van der Waals surface area contributed by atoms with Gasteiger partial charge in [-0.1, -0.05) is 0 Å². The van der Waals surface area contributed by atoms with Crippen LogP contribution in [0.3, 0.4) is 0 Å². The fourth-order valence-corrected chi connectivity index (χ4v) is 5.91. The van der Waals surface area contributed by atoms with Crippen molar-refractivity contribution in [1.29, 1.82) is 0 Å². The van der Waals surface area contributed by atoms with Gasteiger partial charge in [0.05, 0.1) is 5.92 Å². The first-order chi connectivity index (χ1) is 29.1. The number of nitrogens with two attached hydrogens (primary N) is 1. The number of cyclic esters (lactones) is 4. The Morgan fingerprint density at radius 1 is 0.661 bits per heavy atom. The summed E-state index contributed by atoms with van der Waals surface area (Å²) in [5.41, 5.74) is 5.92. The lowest BCUT2D eigenvalue weighted by Crippen LogP contribution is -2.34. The van der Waals surface area contributed by atoms with Crippen LogP contribution < -0.4 is 27.0 Å². The second-order valence-electron chi connectivity index (χ2n) is 13.1. The maximum absolute atomic E-state index is 11.6. The average molecular weight is 880 g/mol. The van der Waals surface area contributed by atoms with E-state index in [1.165, 1.54) is 49.1 Å². The van der Waals surface area contributed by atoms with Crippen LogP contribution in [0.4, 0.5) is 0 Å². The van der Waals surface area contributed by atoms with Crippen molar-refractivity contribution in [2.75, 3.05) is 35.2 Å². The number of aliphatic carboxylic acids is 4. The van der Waals surface area contributed by atoms with E-state index in [9.17, 15) is 57.5 Å². The van der Waals surface area contributed by atoms with Gasteiger partial charge in [-0.05, 0) is 72.3 Å². The largest absolute Gasteiger partial charge is 0.481 e. The highest BCUT2D eigenvalue weighted by Crippen LogP contribution is 2.35. The molecule has 0 aromatic heterocycles. The topological polar surface area (TPSA) is 378 Å². The first kappa shape index (κ1) is 55.0. The van der Waals surface area contributed by atoms with Gasteiger partial charge in [0, 0.05) is 91.5 Å². The molecule has 0 radical (unpaired) electrons. The summed E-state index contributed by atoms with van der Waals surface area (Å²) in [6, 6.07) is 0. The monoisotopic (exact) mass is 879 g/mol. The van der Waals surface area contributed by atoms with Gasteiger partial charge in [-0.15, -0.1) is 0 Å². The van der Waals surface area contributed by atoms with Crippen LogP contribution in [0.1, 0.15) is 78.1 Å². The number of carbonyl (C=O) groups is 12. The predicted octanol–water partition coefficient (Wildman–Crippen LogP) is -0.603. The summed E-state index contributed by atoms with van der Waals surface area (Å²) in [4.78, 5) is 132. The Morgan fingerprint density at radius 3 is 1.68 bits per heavy atom. The van der Waals surface area contributed by atoms with E-state index in [4.69, 9.17) is 20.4 Å². The second-order valence-corrected chi connectivity index (χ2v) is 13.1. The molecule has 342 valence electrons. The van der Waals surface area contributed by atoms with Crippen molar-refractivity contribution >= 4 is 71.4 Å². The van der Waals surface area contributed by atoms with Crippen molar-refractivity contribution in [2.24, 2.45) is 17.6 Å². The van der Waals surface area contributed by atoms with E-state index in [1.54, 1.807) is 0 Å². The van der Waals surface area contributed by atoms with Crippen LogP contribution in [0.2, 0.25) is 0 Å². The molecule has 62 heavy (non-hydrogen) atoms. The number of ether oxygens (including phenoxy) is 2. The molecule has 4 aliphatic rings. The maximum atomic E-state index is 11.6. The summed E-state index contributed by atoms with van der Waals surface area (Å²) < 4.78 is 8.66. The van der Waals surface area contributed by atoms with Crippen molar-refractivity contribution in [3.8, 4) is 0 Å². The molecule has 4 rings (SSSR count). The summed E-state index contributed by atoms with van der Waals surface area (Å²) >= 11 is 0. The van der Waals surface area contributed by atoms with Crippen molar-refractivity contribution in [2.45, 2.75) is 78.1 Å². The molecule has 23 heteroatoms. The lowest BCUT2D eigenvalue weighted by molar-refractivity contribution is -0.153. The molecule has 0 spiro atoms. The van der Waals surface area contributed by atoms with E-state index in [2.05, 4.69) is 36.5 Å². The zero-order valence-electron chi connectivity index (χ0n) is 35.3. The molecule has 0 bridgehead atoms. The fraction of sp³-hybridized carbons (Fsp3) is 0.487. The molecule has 4 amide bonds. The highest BCUT2D eigenvalue weighted by molar-refractivity contribution is 6.13. The molecule has 2 aliphatic heterocycles. The quantitative estimate of drug-likeness (QED) is 0.0671. The van der Waals surface area contributed by atoms with Crippen LogP contribution in [0.5, 0.6) is 0 Å². The number of carbonyl (C=O) groups excluding carboxylic acids is 8. The minimum Gasteiger partial charge on any atom is -0.481 e. The van der Waals surface area contributed by atoms with Gasteiger partial charge >= 0.3 is 47.8 Å². The molecule has 0 fully saturated rings. The third kappa shape index (κ3) is 16.5. The number of likely N-dealkylation sites (N-methyl/N-ethyl adjacent to an activating group) is 2. The summed E-state index contributed by atoms with van der Waals surface area (Å²) in [7, 11) is 7.36. The van der Waals surface area contributed by atoms with Crippen LogP contribution in [0.25, 0.3) is 0 Å². The Hall–Kier alpha value is -7.04. The lowest BCUT2D eigenvalue weighted by Gasteiger charge is -2.23. The van der Waals surface area contributed by atoms with Crippen LogP contribution in [0.15, 0.2) is 44.6 Å². The van der Waals surface area contributed by atoms with Crippen molar-refractivity contribution in [3.05, 3.63) is 44.6 Å². The van der Waals surface area contributed by atoms with Crippen LogP contribution in [0, 0.1) is 11.8 Å². The Kier molecular flexibility index (Phi) is 23.9. The fourth-order valence-electron chi connectivity index (χ4n) is 5.91. The number of carboxylic acids is 4. The van der Waals surface area contributed by atoms with Crippen LogP contribution in [-0.4, -0.2) is 127 Å². The smallest absolute Gasteiger partial charge is 0.342 e. The van der Waals surface area contributed by atoms with Gasteiger partial charge in [-0.3, -0.25) is 28.8 Å². The Bertz CT molecular complexity index is 1960. The van der Waals surface area contributed by atoms with Gasteiger partial charge < -0.3 is 56.9 Å². The van der Waals surface area contributed by atoms with Gasteiger partial charge in [0.1, 0.15) is 0 Å². The average Bonchev–Trinajstić information content (AvgIpc) is 3.68. The third-order valence-electron chi connectivity index (χ3n) is 9.45. The minimum absolute atomic E-state index is 0.0387. The van der Waals surface area contributed by atoms with Crippen LogP contribution in [-0.2, 0) is 67.0 Å². The number of rotatable bonds is 12. The van der Waals surface area contributed by atoms with E-state index < -0.39 is 65.5 Å². The molecule has 0 aromatic rings. The van der Waals surface area contributed by atoms with Gasteiger partial charge in [0.25, 0.3) is 0 Å². The summed E-state index contributed by atoms with van der Waals surface area (Å²) in [5.74, 6) is -9.01. The molecule has 0 aromatic carbocycles. The van der Waals surface area contributed by atoms with Crippen LogP contribution >= 0.6 is 0 Å². The number of hydrogen-bond acceptors (Lipinski definition) is 15. The summed E-state index contributed by atoms with van der Waals surface area (Å²) in [5, 5.41) is 44.6. The normalized spacial score (nSPS) is 17.8. The summed E-state index contributed by atoms with van der Waals surface area (Å²) in [6.45, 7) is 2.79. The molecular weight excluding hydrogens is 826 g/mol. The first-order valence-electron chi connectivity index (χ1n) is 18.8. The first-order valence-corrected chi connectivity index (χ1v) is 18.8. The SMILES string of the molecule is CC1=C(CCC(=O)O)C(=O)OC1=O.CN.CNC(=O)C1=C(C(=O)O)CCC(C(=O)NC)C1.CNC(=O)CC/C(C(=O)NC)=C(\C)C(=O)O.O=C1OC(=O)C2=C1CCC(C(=O)O)C2. The van der Waals surface area contributed by atoms with Crippen molar-refractivity contribution in [1.82, 2.24) is 21.3 Å². The number of carboxylic acid groups (broad SMARTS) is 4. The molecule has 2 unspecified atom stereocenters. The Balaban J connectivity index is 0.000000792. The predicted molar refractivity (Wildman–Crippen MR) is 212 cm³/mol. The molecular formula is C39H53N5O18. The van der Waals surface area contributed by atoms with E-state index in [1.807, 2.05) is 0 Å². The summed E-state index contributed by atoms with van der Waals surface area (Å²) in [6.07, 6.45) is 1.81. The number of nitrogens with one attached hydrogen (secondary N) is 4. The Morgan fingerprint density at radius 2 is 1.23 bits per heavy atom. The maximum Gasteiger partial charge on any atom is 0.342 e. The van der Waals surface area contributed by atoms with Gasteiger partial charge in [-0.2, -0.15) is 0 Å². The number of esters is 4. The molecule has 0 saturated carbocycles. The van der Waals surface area contributed by atoms with Crippen molar-refractivity contribution < 1.29 is 87.4 Å².